The number of benzene rings is 1. The third-order valence-corrected chi connectivity index (χ3v) is 2.14. The number of aliphatic imine (C=N–C) groups is 1. The minimum absolute atomic E-state index is 0.265. The van der Waals surface area contributed by atoms with E-state index >= 15 is 0 Å². The molecule has 0 unspecified atom stereocenters. The summed E-state index contributed by atoms with van der Waals surface area (Å²) in [6, 6.07) is 6.60. The van der Waals surface area contributed by atoms with Gasteiger partial charge >= 0.3 is 12.1 Å². The van der Waals surface area contributed by atoms with Gasteiger partial charge in [-0.3, -0.25) is 0 Å². The zero-order chi connectivity index (χ0) is 11.8. The lowest BCUT2D eigenvalue weighted by Crippen LogP contribution is -2.23. The van der Waals surface area contributed by atoms with Gasteiger partial charge in [-0.2, -0.15) is 13.2 Å². The smallest absolute Gasteiger partial charge is 0.443 e. The summed E-state index contributed by atoms with van der Waals surface area (Å²) < 4.78 is 41.9. The molecule has 0 saturated carbocycles. The summed E-state index contributed by atoms with van der Waals surface area (Å²) in [6.45, 7) is 1.67. The lowest BCUT2D eigenvalue weighted by atomic mass is 10.1. The summed E-state index contributed by atoms with van der Waals surface area (Å²) in [4.78, 5) is 3.48. The number of rotatable bonds is 0. The number of hydrogen-bond donors (Lipinski definition) is 0. The number of nitrogens with zero attached hydrogens (tertiary/aromatic N) is 1. The Balaban J connectivity index is 2.56. The van der Waals surface area contributed by atoms with Crippen LogP contribution in [-0.4, -0.2) is 12.1 Å². The first-order chi connectivity index (χ1) is 7.48. The lowest BCUT2D eigenvalue weighted by molar-refractivity contribution is -0.0734. The number of hydrogen-bond acceptors (Lipinski definition) is 2. The number of para-hydroxylation sites is 1. The Hall–Kier alpha value is -1.78. The number of allylic oxidation sites excluding steroid dienone is 1. The van der Waals surface area contributed by atoms with Crippen LogP contribution in [0.2, 0.25) is 0 Å². The summed E-state index contributed by atoms with van der Waals surface area (Å²) in [7, 11) is 0. The fourth-order valence-electron chi connectivity index (χ4n) is 1.38. The molecule has 84 valence electrons. The van der Waals surface area contributed by atoms with Crippen LogP contribution < -0.4 is 0 Å². The molecule has 16 heavy (non-hydrogen) atoms. The molecule has 2 nitrogen and oxygen atoms in total. The molecule has 0 bridgehead atoms. The zero-order valence-electron chi connectivity index (χ0n) is 8.38. The maximum atomic E-state index is 12.5. The molecule has 0 amide bonds. The molecular weight excluding hydrogens is 219 g/mol. The van der Waals surface area contributed by atoms with Gasteiger partial charge in [-0.05, 0) is 18.6 Å². The second-order valence-corrected chi connectivity index (χ2v) is 3.35. The molecule has 0 saturated heterocycles. The van der Waals surface area contributed by atoms with E-state index in [4.69, 9.17) is 0 Å². The Morgan fingerprint density at radius 1 is 1.19 bits per heavy atom. The van der Waals surface area contributed by atoms with Crippen molar-refractivity contribution in [2.45, 2.75) is 13.1 Å². The van der Waals surface area contributed by atoms with E-state index in [1.807, 2.05) is 0 Å². The van der Waals surface area contributed by atoms with Crippen molar-refractivity contribution in [1.29, 1.82) is 0 Å². The highest BCUT2D eigenvalue weighted by Crippen LogP contribution is 2.31. The van der Waals surface area contributed by atoms with Gasteiger partial charge in [-0.1, -0.05) is 18.2 Å². The Kier molecular flexibility index (Phi) is 2.46. The molecule has 0 radical (unpaired) electrons. The van der Waals surface area contributed by atoms with E-state index in [0.717, 1.165) is 6.26 Å². The first-order valence-electron chi connectivity index (χ1n) is 4.57. The van der Waals surface area contributed by atoms with E-state index in [-0.39, 0.29) is 5.69 Å². The average molecular weight is 227 g/mol. The molecule has 0 aliphatic carbocycles. The summed E-state index contributed by atoms with van der Waals surface area (Å²) in [6.07, 6.45) is -3.51. The van der Waals surface area contributed by atoms with Crippen molar-refractivity contribution in [3.63, 3.8) is 0 Å². The first kappa shape index (κ1) is 10.7. The van der Waals surface area contributed by atoms with Gasteiger partial charge in [0.2, 0.25) is 0 Å². The molecular formula is C11H8F3NO. The minimum Gasteiger partial charge on any atom is -0.443 e. The molecule has 0 N–H and O–H groups in total. The molecule has 1 aromatic carbocycles. The van der Waals surface area contributed by atoms with E-state index < -0.39 is 12.1 Å². The van der Waals surface area contributed by atoms with Crippen LogP contribution in [0.15, 0.2) is 35.5 Å². The SMILES string of the molecule is CC1=COC(C(F)(F)F)=Nc2ccccc21. The highest BCUT2D eigenvalue weighted by Gasteiger charge is 2.39. The number of halogens is 3. The predicted octanol–water partition coefficient (Wildman–Crippen LogP) is 3.67. The van der Waals surface area contributed by atoms with Crippen LogP contribution in [0.4, 0.5) is 18.9 Å². The Morgan fingerprint density at radius 2 is 1.88 bits per heavy atom. The second kappa shape index (κ2) is 3.66. The normalized spacial score (nSPS) is 15.5. The van der Waals surface area contributed by atoms with E-state index in [1.54, 1.807) is 25.1 Å². The topological polar surface area (TPSA) is 21.6 Å². The summed E-state index contributed by atoms with van der Waals surface area (Å²) in [5, 5.41) is 0. The van der Waals surface area contributed by atoms with Crippen molar-refractivity contribution in [2.24, 2.45) is 4.99 Å². The molecule has 0 atom stereocenters. The second-order valence-electron chi connectivity index (χ2n) is 3.35. The van der Waals surface area contributed by atoms with Gasteiger partial charge in [-0.25, -0.2) is 4.99 Å². The standard InChI is InChI=1S/C11H8F3NO/c1-7-6-16-10(11(12,13)14)15-9-5-3-2-4-8(7)9/h2-6H,1H3. The van der Waals surface area contributed by atoms with E-state index in [0.29, 0.717) is 11.1 Å². The first-order valence-corrected chi connectivity index (χ1v) is 4.57. The van der Waals surface area contributed by atoms with Crippen LogP contribution in [0.3, 0.4) is 0 Å². The molecule has 0 aromatic heterocycles. The minimum atomic E-state index is -4.58. The van der Waals surface area contributed by atoms with Crippen molar-refractivity contribution >= 4 is 17.2 Å². The quantitative estimate of drug-likeness (QED) is 0.662. The van der Waals surface area contributed by atoms with E-state index in [1.165, 1.54) is 6.07 Å². The Bertz CT molecular complexity index is 474. The third kappa shape index (κ3) is 1.93. The molecule has 1 aromatic rings. The number of fused-ring (bicyclic) bond motifs is 1. The van der Waals surface area contributed by atoms with E-state index in [9.17, 15) is 13.2 Å². The van der Waals surface area contributed by atoms with Crippen LogP contribution in [0.25, 0.3) is 5.57 Å². The highest BCUT2D eigenvalue weighted by atomic mass is 19.4. The van der Waals surface area contributed by atoms with Crippen molar-refractivity contribution < 1.29 is 17.9 Å². The lowest BCUT2D eigenvalue weighted by Gasteiger charge is -2.06. The van der Waals surface area contributed by atoms with Crippen molar-refractivity contribution in [3.05, 3.63) is 36.1 Å². The van der Waals surface area contributed by atoms with Crippen LogP contribution in [0.5, 0.6) is 0 Å². The van der Waals surface area contributed by atoms with Gasteiger partial charge in [0.25, 0.3) is 0 Å². The molecule has 1 aliphatic rings. The van der Waals surface area contributed by atoms with Crippen LogP contribution >= 0.6 is 0 Å². The maximum Gasteiger partial charge on any atom is 0.468 e. The Morgan fingerprint density at radius 3 is 2.56 bits per heavy atom. The fourth-order valence-corrected chi connectivity index (χ4v) is 1.38. The Labute approximate surface area is 90.1 Å². The highest BCUT2D eigenvalue weighted by molar-refractivity contribution is 5.89. The largest absolute Gasteiger partial charge is 0.468 e. The molecule has 5 heteroatoms. The molecule has 1 aliphatic heterocycles. The molecule has 0 fully saturated rings. The molecule has 2 rings (SSSR count). The fraction of sp³-hybridized carbons (Fsp3) is 0.182. The van der Waals surface area contributed by atoms with Gasteiger partial charge in [0, 0.05) is 5.56 Å². The zero-order valence-corrected chi connectivity index (χ0v) is 8.38. The van der Waals surface area contributed by atoms with Crippen LogP contribution in [-0.2, 0) is 4.74 Å². The van der Waals surface area contributed by atoms with Gasteiger partial charge in [0.1, 0.15) is 0 Å². The van der Waals surface area contributed by atoms with Gasteiger partial charge in [-0.15, -0.1) is 0 Å². The number of ether oxygens (including phenoxy) is 1. The van der Waals surface area contributed by atoms with Gasteiger partial charge in [0.15, 0.2) is 0 Å². The maximum absolute atomic E-state index is 12.5. The van der Waals surface area contributed by atoms with Crippen molar-refractivity contribution in [3.8, 4) is 0 Å². The summed E-state index contributed by atoms with van der Waals surface area (Å²) >= 11 is 0. The van der Waals surface area contributed by atoms with Crippen molar-refractivity contribution in [1.82, 2.24) is 0 Å². The van der Waals surface area contributed by atoms with Gasteiger partial charge in [0.05, 0.1) is 11.9 Å². The van der Waals surface area contributed by atoms with Crippen LogP contribution in [0.1, 0.15) is 12.5 Å². The predicted molar refractivity (Wildman–Crippen MR) is 54.3 cm³/mol. The van der Waals surface area contributed by atoms with Gasteiger partial charge < -0.3 is 4.74 Å². The third-order valence-electron chi connectivity index (χ3n) is 2.14. The van der Waals surface area contributed by atoms with E-state index in [2.05, 4.69) is 9.73 Å². The molecule has 1 heterocycles. The summed E-state index contributed by atoms with van der Waals surface area (Å²) in [5.41, 5.74) is 1.52. The molecule has 0 spiro atoms. The van der Waals surface area contributed by atoms with Crippen LogP contribution in [0, 0.1) is 0 Å². The average Bonchev–Trinajstić information content (AvgIpc) is 2.38. The monoisotopic (exact) mass is 227 g/mol. The summed E-state index contributed by atoms with van der Waals surface area (Å²) in [5.74, 6) is -1.24. The number of alkyl halides is 3. The van der Waals surface area contributed by atoms with Crippen molar-refractivity contribution in [2.75, 3.05) is 0 Å².